The molecule has 0 atom stereocenters. The quantitative estimate of drug-likeness (QED) is 0.257. The van der Waals surface area contributed by atoms with Crippen LogP contribution in [0.1, 0.15) is 44.6 Å². The van der Waals surface area contributed by atoms with Crippen molar-refractivity contribution in [1.82, 2.24) is 0 Å². The van der Waals surface area contributed by atoms with Crippen molar-refractivity contribution >= 4 is 51.2 Å². The SMILES string of the molecule is CCCCCCC(=O)Oc1c(I)cc(C#N)cc1I. The van der Waals surface area contributed by atoms with Crippen LogP contribution in [-0.4, -0.2) is 5.97 Å². The first kappa shape index (κ1) is 16.7. The predicted molar refractivity (Wildman–Crippen MR) is 91.0 cm³/mol. The van der Waals surface area contributed by atoms with Gasteiger partial charge < -0.3 is 4.74 Å². The normalized spacial score (nSPS) is 10.0. The fraction of sp³-hybridized carbons (Fsp3) is 0.429. The Bertz CT molecular complexity index is 472. The molecule has 0 radical (unpaired) electrons. The van der Waals surface area contributed by atoms with E-state index in [9.17, 15) is 4.79 Å². The van der Waals surface area contributed by atoms with E-state index in [1.807, 2.05) is 0 Å². The van der Waals surface area contributed by atoms with E-state index in [0.717, 1.165) is 32.8 Å². The summed E-state index contributed by atoms with van der Waals surface area (Å²) in [6, 6.07) is 5.54. The zero-order valence-electron chi connectivity index (χ0n) is 10.7. The summed E-state index contributed by atoms with van der Waals surface area (Å²) in [4.78, 5) is 11.7. The molecule has 0 saturated heterocycles. The fourth-order valence-electron chi connectivity index (χ4n) is 1.58. The van der Waals surface area contributed by atoms with Crippen LogP contribution in [0.15, 0.2) is 12.1 Å². The summed E-state index contributed by atoms with van der Waals surface area (Å²) in [7, 11) is 0. The lowest BCUT2D eigenvalue weighted by Gasteiger charge is -2.09. The number of halogens is 2. The summed E-state index contributed by atoms with van der Waals surface area (Å²) in [5, 5.41) is 8.86. The minimum absolute atomic E-state index is 0.198. The van der Waals surface area contributed by atoms with Crippen molar-refractivity contribution in [2.24, 2.45) is 0 Å². The minimum Gasteiger partial charge on any atom is -0.424 e. The molecule has 0 spiro atoms. The first-order valence-corrected chi connectivity index (χ1v) is 8.34. The van der Waals surface area contributed by atoms with Crippen LogP contribution < -0.4 is 4.74 Å². The van der Waals surface area contributed by atoms with Crippen molar-refractivity contribution in [3.05, 3.63) is 24.8 Å². The highest BCUT2D eigenvalue weighted by Gasteiger charge is 2.13. The highest BCUT2D eigenvalue weighted by molar-refractivity contribution is 14.1. The average Bonchev–Trinajstić information content (AvgIpc) is 2.38. The summed E-state index contributed by atoms with van der Waals surface area (Å²) < 4.78 is 6.98. The van der Waals surface area contributed by atoms with E-state index in [0.29, 0.717) is 17.7 Å². The lowest BCUT2D eigenvalue weighted by atomic mass is 10.1. The van der Waals surface area contributed by atoms with Crippen molar-refractivity contribution in [3.8, 4) is 11.8 Å². The van der Waals surface area contributed by atoms with E-state index < -0.39 is 0 Å². The summed E-state index contributed by atoms with van der Waals surface area (Å²) in [6.07, 6.45) is 4.69. The summed E-state index contributed by atoms with van der Waals surface area (Å²) >= 11 is 4.17. The van der Waals surface area contributed by atoms with Crippen LogP contribution in [0.3, 0.4) is 0 Å². The zero-order valence-corrected chi connectivity index (χ0v) is 15.0. The third kappa shape index (κ3) is 5.65. The van der Waals surface area contributed by atoms with Gasteiger partial charge in [-0.25, -0.2) is 0 Å². The van der Waals surface area contributed by atoms with Crippen molar-refractivity contribution in [3.63, 3.8) is 0 Å². The maximum atomic E-state index is 11.7. The third-order valence-corrected chi connectivity index (χ3v) is 4.18. The van der Waals surface area contributed by atoms with Gasteiger partial charge in [-0.3, -0.25) is 4.79 Å². The Labute approximate surface area is 141 Å². The van der Waals surface area contributed by atoms with Crippen molar-refractivity contribution in [2.45, 2.75) is 39.0 Å². The summed E-state index contributed by atoms with van der Waals surface area (Å²) in [5.41, 5.74) is 0.580. The Morgan fingerprint density at radius 2 is 1.89 bits per heavy atom. The number of ether oxygens (including phenoxy) is 1. The molecule has 0 heterocycles. The molecular weight excluding hydrogens is 468 g/mol. The van der Waals surface area contributed by atoms with Gasteiger partial charge in [0.1, 0.15) is 0 Å². The standard InChI is InChI=1S/C14H15I2NO2/c1-2-3-4-5-6-13(18)19-14-11(15)7-10(9-17)8-12(14)16/h7-8H,2-6H2,1H3. The lowest BCUT2D eigenvalue weighted by Crippen LogP contribution is -2.09. The van der Waals surface area contributed by atoms with Gasteiger partial charge in [0.2, 0.25) is 0 Å². The number of rotatable bonds is 6. The molecule has 5 heteroatoms. The minimum atomic E-state index is -0.198. The van der Waals surface area contributed by atoms with Gasteiger partial charge in [-0.1, -0.05) is 26.2 Å². The molecule has 3 nitrogen and oxygen atoms in total. The molecule has 0 aliphatic heterocycles. The Morgan fingerprint density at radius 3 is 2.42 bits per heavy atom. The fourth-order valence-corrected chi connectivity index (χ4v) is 3.57. The second-order valence-corrected chi connectivity index (χ2v) is 6.49. The molecule has 0 aliphatic rings. The number of carbonyl (C=O) groups is 1. The van der Waals surface area contributed by atoms with Gasteiger partial charge >= 0.3 is 5.97 Å². The van der Waals surface area contributed by atoms with E-state index in [-0.39, 0.29) is 5.97 Å². The Hall–Kier alpha value is -0.360. The monoisotopic (exact) mass is 483 g/mol. The highest BCUT2D eigenvalue weighted by atomic mass is 127. The Morgan fingerprint density at radius 1 is 1.26 bits per heavy atom. The zero-order chi connectivity index (χ0) is 14.3. The molecule has 0 saturated carbocycles. The van der Waals surface area contributed by atoms with Gasteiger partial charge in [-0.2, -0.15) is 5.26 Å². The van der Waals surface area contributed by atoms with Crippen LogP contribution >= 0.6 is 45.2 Å². The van der Waals surface area contributed by atoms with Crippen LogP contribution in [0.4, 0.5) is 0 Å². The van der Waals surface area contributed by atoms with Crippen molar-refractivity contribution in [2.75, 3.05) is 0 Å². The molecule has 0 fully saturated rings. The number of carbonyl (C=O) groups excluding carboxylic acids is 1. The van der Waals surface area contributed by atoms with Crippen LogP contribution in [0.5, 0.6) is 5.75 Å². The summed E-state index contributed by atoms with van der Waals surface area (Å²) in [6.45, 7) is 2.14. The first-order chi connectivity index (χ1) is 9.08. The summed E-state index contributed by atoms with van der Waals surface area (Å²) in [5.74, 6) is 0.373. The van der Waals surface area contributed by atoms with E-state index in [1.165, 1.54) is 0 Å². The highest BCUT2D eigenvalue weighted by Crippen LogP contribution is 2.29. The molecule has 1 rings (SSSR count). The Kier molecular flexibility index (Phi) is 7.68. The van der Waals surface area contributed by atoms with E-state index in [2.05, 4.69) is 58.2 Å². The Balaban J connectivity index is 2.62. The van der Waals surface area contributed by atoms with Gasteiger partial charge in [-0.15, -0.1) is 0 Å². The molecule has 0 N–H and O–H groups in total. The molecule has 1 aromatic rings. The van der Waals surface area contributed by atoms with Gasteiger partial charge in [-0.05, 0) is 63.7 Å². The van der Waals surface area contributed by atoms with Crippen LogP contribution in [0.2, 0.25) is 0 Å². The number of nitrogens with zero attached hydrogens (tertiary/aromatic N) is 1. The van der Waals surface area contributed by atoms with Gasteiger partial charge in [0.15, 0.2) is 5.75 Å². The van der Waals surface area contributed by atoms with Crippen LogP contribution in [-0.2, 0) is 4.79 Å². The van der Waals surface area contributed by atoms with E-state index in [4.69, 9.17) is 10.00 Å². The second-order valence-electron chi connectivity index (χ2n) is 4.17. The molecule has 0 aliphatic carbocycles. The molecule has 0 aromatic heterocycles. The number of nitriles is 1. The lowest BCUT2D eigenvalue weighted by molar-refractivity contribution is -0.134. The molecule has 0 unspecified atom stereocenters. The van der Waals surface area contributed by atoms with E-state index in [1.54, 1.807) is 12.1 Å². The average molecular weight is 483 g/mol. The molecule has 102 valence electrons. The third-order valence-electron chi connectivity index (χ3n) is 2.58. The number of unbranched alkanes of at least 4 members (excludes halogenated alkanes) is 3. The van der Waals surface area contributed by atoms with E-state index >= 15 is 0 Å². The molecular formula is C14H15I2NO2. The number of benzene rings is 1. The molecule has 0 bridgehead atoms. The van der Waals surface area contributed by atoms with Gasteiger partial charge in [0.25, 0.3) is 0 Å². The number of hydrogen-bond acceptors (Lipinski definition) is 3. The topological polar surface area (TPSA) is 50.1 Å². The number of hydrogen-bond donors (Lipinski definition) is 0. The van der Waals surface area contributed by atoms with Gasteiger partial charge in [0.05, 0.1) is 18.8 Å². The largest absolute Gasteiger partial charge is 0.424 e. The van der Waals surface area contributed by atoms with Crippen molar-refractivity contribution in [1.29, 1.82) is 5.26 Å². The maximum Gasteiger partial charge on any atom is 0.311 e. The molecule has 1 aromatic carbocycles. The second kappa shape index (κ2) is 8.74. The van der Waals surface area contributed by atoms with Crippen molar-refractivity contribution < 1.29 is 9.53 Å². The number of esters is 1. The maximum absolute atomic E-state index is 11.7. The smallest absolute Gasteiger partial charge is 0.311 e. The first-order valence-electron chi connectivity index (χ1n) is 6.18. The molecule has 0 amide bonds. The van der Waals surface area contributed by atoms with Crippen LogP contribution in [0.25, 0.3) is 0 Å². The van der Waals surface area contributed by atoms with Crippen LogP contribution in [0, 0.1) is 18.5 Å². The van der Waals surface area contributed by atoms with Gasteiger partial charge in [0, 0.05) is 6.42 Å². The molecule has 19 heavy (non-hydrogen) atoms. The predicted octanol–water partition coefficient (Wildman–Crippen LogP) is 4.64.